The van der Waals surface area contributed by atoms with Crippen molar-refractivity contribution in [3.05, 3.63) is 35.5 Å². The summed E-state index contributed by atoms with van der Waals surface area (Å²) in [4.78, 5) is 15.4. The summed E-state index contributed by atoms with van der Waals surface area (Å²) in [7, 11) is 4.29. The van der Waals surface area contributed by atoms with Crippen LogP contribution in [0.25, 0.3) is 10.9 Å². The normalized spacial score (nSPS) is 11.2. The van der Waals surface area contributed by atoms with E-state index >= 15 is 0 Å². The monoisotopic (exact) mass is 217 g/mol. The Balaban J connectivity index is 2.34. The van der Waals surface area contributed by atoms with Gasteiger partial charge in [0.1, 0.15) is 6.29 Å². The SMILES string of the molecule is C[NH+](C)CCc1c[nH]c2ccc(C=O)cc12. The number of H-pyrrole nitrogens is 1. The van der Waals surface area contributed by atoms with Crippen molar-refractivity contribution in [1.29, 1.82) is 0 Å². The van der Waals surface area contributed by atoms with E-state index in [1.807, 2.05) is 24.4 Å². The Bertz CT molecular complexity index is 500. The standard InChI is InChI=1S/C13H16N2O/c1-15(2)6-5-11-8-14-13-4-3-10(9-16)7-12(11)13/h3-4,7-9,14H,5-6H2,1-2H3/p+1. The van der Waals surface area contributed by atoms with Crippen molar-refractivity contribution in [3.63, 3.8) is 0 Å². The molecule has 0 atom stereocenters. The topological polar surface area (TPSA) is 37.3 Å². The second-order valence-corrected chi connectivity index (χ2v) is 4.44. The second kappa shape index (κ2) is 4.49. The minimum absolute atomic E-state index is 0.741. The molecule has 16 heavy (non-hydrogen) atoms. The van der Waals surface area contributed by atoms with Gasteiger partial charge in [0, 0.05) is 29.1 Å². The zero-order chi connectivity index (χ0) is 11.5. The molecule has 3 nitrogen and oxygen atoms in total. The molecule has 0 aliphatic carbocycles. The Morgan fingerprint density at radius 3 is 2.88 bits per heavy atom. The molecule has 1 aromatic heterocycles. The van der Waals surface area contributed by atoms with Gasteiger partial charge in [-0.15, -0.1) is 0 Å². The molecule has 1 heterocycles. The molecule has 0 aliphatic heterocycles. The Morgan fingerprint density at radius 2 is 2.19 bits per heavy atom. The highest BCUT2D eigenvalue weighted by molar-refractivity contribution is 5.89. The molecule has 0 aliphatic rings. The summed E-state index contributed by atoms with van der Waals surface area (Å²) in [6, 6.07) is 5.76. The highest BCUT2D eigenvalue weighted by atomic mass is 16.1. The van der Waals surface area contributed by atoms with Crippen LogP contribution < -0.4 is 4.90 Å². The van der Waals surface area contributed by atoms with Crippen LogP contribution in [0.3, 0.4) is 0 Å². The fourth-order valence-corrected chi connectivity index (χ4v) is 1.86. The number of hydrogen-bond donors (Lipinski definition) is 2. The van der Waals surface area contributed by atoms with E-state index in [0.717, 1.165) is 30.3 Å². The van der Waals surface area contributed by atoms with E-state index in [2.05, 4.69) is 19.1 Å². The third kappa shape index (κ3) is 2.14. The molecule has 0 saturated heterocycles. The van der Waals surface area contributed by atoms with Crippen molar-refractivity contribution in [1.82, 2.24) is 4.98 Å². The van der Waals surface area contributed by atoms with Crippen molar-refractivity contribution in [2.45, 2.75) is 6.42 Å². The van der Waals surface area contributed by atoms with Gasteiger partial charge in [-0.3, -0.25) is 4.79 Å². The molecule has 2 rings (SSSR count). The summed E-state index contributed by atoms with van der Waals surface area (Å²) in [5, 5.41) is 1.17. The molecular formula is C13H17N2O+. The highest BCUT2D eigenvalue weighted by Gasteiger charge is 2.05. The molecule has 2 aromatic rings. The third-order valence-electron chi connectivity index (χ3n) is 2.82. The van der Waals surface area contributed by atoms with Gasteiger partial charge < -0.3 is 9.88 Å². The summed E-state index contributed by atoms with van der Waals surface area (Å²) in [5.74, 6) is 0. The molecule has 0 saturated carbocycles. The summed E-state index contributed by atoms with van der Waals surface area (Å²) in [6.07, 6.45) is 3.97. The molecule has 0 amide bonds. The Morgan fingerprint density at radius 1 is 1.38 bits per heavy atom. The van der Waals surface area contributed by atoms with Crippen molar-refractivity contribution in [2.24, 2.45) is 0 Å². The summed E-state index contributed by atoms with van der Waals surface area (Å²) in [6.45, 7) is 1.10. The number of likely N-dealkylation sites (N-methyl/N-ethyl adjacent to an activating group) is 1. The number of benzene rings is 1. The summed E-state index contributed by atoms with van der Waals surface area (Å²) >= 11 is 0. The van der Waals surface area contributed by atoms with Gasteiger partial charge in [0.2, 0.25) is 0 Å². The number of aromatic amines is 1. The molecular weight excluding hydrogens is 200 g/mol. The number of aromatic nitrogens is 1. The first-order valence-electron chi connectivity index (χ1n) is 5.55. The molecule has 0 radical (unpaired) electrons. The van der Waals surface area contributed by atoms with Crippen LogP contribution >= 0.6 is 0 Å². The number of hydrogen-bond acceptors (Lipinski definition) is 1. The van der Waals surface area contributed by atoms with Crippen molar-refractivity contribution < 1.29 is 9.69 Å². The van der Waals surface area contributed by atoms with E-state index in [1.54, 1.807) is 0 Å². The number of rotatable bonds is 4. The smallest absolute Gasteiger partial charge is 0.150 e. The lowest BCUT2D eigenvalue weighted by molar-refractivity contribution is -0.858. The number of carbonyl (C=O) groups is 1. The molecule has 0 spiro atoms. The fourth-order valence-electron chi connectivity index (χ4n) is 1.86. The van der Waals surface area contributed by atoms with Crippen LogP contribution in [-0.2, 0) is 6.42 Å². The Labute approximate surface area is 95.1 Å². The predicted octanol–water partition coefficient (Wildman–Crippen LogP) is 0.667. The average Bonchev–Trinajstić information content (AvgIpc) is 2.68. The third-order valence-corrected chi connectivity index (χ3v) is 2.82. The van der Waals surface area contributed by atoms with Gasteiger partial charge in [0.15, 0.2) is 0 Å². The van der Waals surface area contributed by atoms with Gasteiger partial charge >= 0.3 is 0 Å². The number of carbonyl (C=O) groups excluding carboxylic acids is 1. The Kier molecular flexibility index (Phi) is 3.06. The lowest BCUT2D eigenvalue weighted by Crippen LogP contribution is -3.05. The number of quaternary nitrogens is 1. The van der Waals surface area contributed by atoms with Crippen LogP contribution in [0, 0.1) is 0 Å². The average molecular weight is 217 g/mol. The number of fused-ring (bicyclic) bond motifs is 1. The van der Waals surface area contributed by atoms with Gasteiger partial charge in [-0.1, -0.05) is 0 Å². The maximum atomic E-state index is 10.7. The van der Waals surface area contributed by atoms with E-state index < -0.39 is 0 Å². The van der Waals surface area contributed by atoms with Crippen molar-refractivity contribution in [3.8, 4) is 0 Å². The minimum Gasteiger partial charge on any atom is -0.361 e. The number of nitrogens with one attached hydrogen (secondary N) is 2. The molecule has 3 heteroatoms. The summed E-state index contributed by atoms with van der Waals surface area (Å²) < 4.78 is 0. The van der Waals surface area contributed by atoms with Crippen LogP contribution in [0.1, 0.15) is 15.9 Å². The maximum Gasteiger partial charge on any atom is 0.150 e. The first-order valence-corrected chi connectivity index (χ1v) is 5.55. The van der Waals surface area contributed by atoms with E-state index in [4.69, 9.17) is 0 Å². The van der Waals surface area contributed by atoms with Gasteiger partial charge in [-0.2, -0.15) is 0 Å². The number of aldehydes is 1. The van der Waals surface area contributed by atoms with Gasteiger partial charge in [-0.05, 0) is 23.8 Å². The second-order valence-electron chi connectivity index (χ2n) is 4.44. The Hall–Kier alpha value is -1.61. The predicted molar refractivity (Wildman–Crippen MR) is 65.1 cm³/mol. The van der Waals surface area contributed by atoms with Gasteiger partial charge in [-0.25, -0.2) is 0 Å². The molecule has 84 valence electrons. The van der Waals surface area contributed by atoms with Crippen LogP contribution in [0.2, 0.25) is 0 Å². The fraction of sp³-hybridized carbons (Fsp3) is 0.308. The lowest BCUT2D eigenvalue weighted by atomic mass is 10.1. The molecule has 0 fully saturated rings. The maximum absolute atomic E-state index is 10.7. The van der Waals surface area contributed by atoms with E-state index in [9.17, 15) is 4.79 Å². The van der Waals surface area contributed by atoms with Crippen LogP contribution in [0.5, 0.6) is 0 Å². The zero-order valence-electron chi connectivity index (χ0n) is 9.71. The first kappa shape index (κ1) is 10.9. The minimum atomic E-state index is 0.741. The molecule has 0 unspecified atom stereocenters. The van der Waals surface area contributed by atoms with E-state index in [0.29, 0.717) is 0 Å². The molecule has 1 aromatic carbocycles. The summed E-state index contributed by atoms with van der Waals surface area (Å²) in [5.41, 5.74) is 3.14. The molecule has 0 bridgehead atoms. The van der Waals surface area contributed by atoms with Gasteiger partial charge in [0.25, 0.3) is 0 Å². The van der Waals surface area contributed by atoms with Crippen LogP contribution in [-0.4, -0.2) is 31.9 Å². The van der Waals surface area contributed by atoms with E-state index in [-0.39, 0.29) is 0 Å². The van der Waals surface area contributed by atoms with Crippen LogP contribution in [0.4, 0.5) is 0 Å². The lowest BCUT2D eigenvalue weighted by Gasteiger charge is -2.05. The molecule has 2 N–H and O–H groups in total. The van der Waals surface area contributed by atoms with Gasteiger partial charge in [0.05, 0.1) is 20.6 Å². The largest absolute Gasteiger partial charge is 0.361 e. The van der Waals surface area contributed by atoms with Crippen molar-refractivity contribution >= 4 is 17.2 Å². The zero-order valence-corrected chi connectivity index (χ0v) is 9.71. The van der Waals surface area contributed by atoms with Crippen LogP contribution in [0.15, 0.2) is 24.4 Å². The quantitative estimate of drug-likeness (QED) is 0.726. The highest BCUT2D eigenvalue weighted by Crippen LogP contribution is 2.19. The first-order chi connectivity index (χ1) is 7.70. The van der Waals surface area contributed by atoms with E-state index in [1.165, 1.54) is 15.8 Å². The van der Waals surface area contributed by atoms with Crippen molar-refractivity contribution in [2.75, 3.05) is 20.6 Å².